The van der Waals surface area contributed by atoms with E-state index in [-0.39, 0.29) is 6.29 Å². The number of rotatable bonds is 4. The fourth-order valence-electron chi connectivity index (χ4n) is 3.26. The second-order valence-corrected chi connectivity index (χ2v) is 6.57. The topological polar surface area (TPSA) is 45.9 Å². The molecule has 1 fully saturated rings. The largest absolute Gasteiger partial charge is 0.365 e. The summed E-state index contributed by atoms with van der Waals surface area (Å²) in [6.07, 6.45) is 3.79. The third-order valence-corrected chi connectivity index (χ3v) is 4.52. The van der Waals surface area contributed by atoms with Crippen molar-refractivity contribution in [1.82, 2.24) is 14.6 Å². The van der Waals surface area contributed by atoms with E-state index < -0.39 is 0 Å². The Morgan fingerprint density at radius 3 is 2.79 bits per heavy atom. The van der Waals surface area contributed by atoms with E-state index in [1.807, 2.05) is 18.5 Å². The van der Waals surface area contributed by atoms with Crippen molar-refractivity contribution < 1.29 is 4.74 Å². The summed E-state index contributed by atoms with van der Waals surface area (Å²) in [6.45, 7) is 7.46. The SMILES string of the molecule is CC(C)c1cnc2n1N(Cc1ccccc1)C(N1CCOC1)N=C2. The Morgan fingerprint density at radius 2 is 2.08 bits per heavy atom. The fourth-order valence-corrected chi connectivity index (χ4v) is 3.26. The number of benzene rings is 1. The number of ether oxygens (including phenoxy) is 1. The zero-order chi connectivity index (χ0) is 16.5. The van der Waals surface area contributed by atoms with Crippen molar-refractivity contribution in [2.24, 2.45) is 4.99 Å². The van der Waals surface area contributed by atoms with E-state index in [2.05, 4.69) is 57.7 Å². The van der Waals surface area contributed by atoms with E-state index in [4.69, 9.17) is 9.73 Å². The van der Waals surface area contributed by atoms with Gasteiger partial charge < -0.3 is 4.74 Å². The van der Waals surface area contributed by atoms with Gasteiger partial charge in [-0.15, -0.1) is 0 Å². The lowest BCUT2D eigenvalue weighted by Gasteiger charge is -2.40. The Kier molecular flexibility index (Phi) is 4.08. The average Bonchev–Trinajstić information content (AvgIpc) is 3.25. The number of imidazole rings is 1. The molecule has 24 heavy (non-hydrogen) atoms. The second kappa shape index (κ2) is 6.37. The van der Waals surface area contributed by atoms with Crippen LogP contribution in [-0.4, -0.2) is 46.9 Å². The minimum absolute atomic E-state index is 0.0630. The van der Waals surface area contributed by atoms with Crippen LogP contribution in [0.5, 0.6) is 0 Å². The number of hydrogen-bond acceptors (Lipinski definition) is 5. The molecule has 0 bridgehead atoms. The van der Waals surface area contributed by atoms with E-state index in [0.29, 0.717) is 12.6 Å². The highest BCUT2D eigenvalue weighted by molar-refractivity contribution is 5.76. The molecule has 0 radical (unpaired) electrons. The fraction of sp³-hybridized carbons (Fsp3) is 0.444. The van der Waals surface area contributed by atoms with Gasteiger partial charge in [-0.2, -0.15) is 0 Å². The van der Waals surface area contributed by atoms with Crippen molar-refractivity contribution in [3.8, 4) is 0 Å². The molecular formula is C18H23N5O. The lowest BCUT2D eigenvalue weighted by Crippen LogP contribution is -2.54. The van der Waals surface area contributed by atoms with Crippen molar-refractivity contribution in [1.29, 1.82) is 0 Å². The summed E-state index contributed by atoms with van der Waals surface area (Å²) in [5, 5.41) is 2.29. The molecule has 0 saturated carbocycles. The molecule has 6 nitrogen and oxygen atoms in total. The molecule has 3 heterocycles. The number of aromatic nitrogens is 2. The minimum Gasteiger partial charge on any atom is -0.365 e. The molecule has 2 aromatic rings. The van der Waals surface area contributed by atoms with Crippen LogP contribution in [0.15, 0.2) is 41.5 Å². The van der Waals surface area contributed by atoms with Crippen molar-refractivity contribution in [3.63, 3.8) is 0 Å². The van der Waals surface area contributed by atoms with E-state index in [1.54, 1.807) is 0 Å². The number of hydrogen-bond donors (Lipinski definition) is 0. The summed E-state index contributed by atoms with van der Waals surface area (Å²) in [7, 11) is 0. The van der Waals surface area contributed by atoms with Gasteiger partial charge in [0.1, 0.15) is 6.73 Å². The van der Waals surface area contributed by atoms with E-state index >= 15 is 0 Å². The molecular weight excluding hydrogens is 302 g/mol. The lowest BCUT2D eigenvalue weighted by molar-refractivity contribution is 0.104. The first kappa shape index (κ1) is 15.4. The van der Waals surface area contributed by atoms with E-state index in [9.17, 15) is 0 Å². The maximum atomic E-state index is 5.56. The maximum Gasteiger partial charge on any atom is 0.194 e. The number of nitrogens with zero attached hydrogens (tertiary/aromatic N) is 5. The quantitative estimate of drug-likeness (QED) is 0.864. The van der Waals surface area contributed by atoms with E-state index in [0.717, 1.165) is 25.5 Å². The van der Waals surface area contributed by atoms with Crippen molar-refractivity contribution in [2.45, 2.75) is 32.6 Å². The minimum atomic E-state index is -0.0630. The van der Waals surface area contributed by atoms with Gasteiger partial charge in [-0.3, -0.25) is 5.01 Å². The highest BCUT2D eigenvalue weighted by atomic mass is 16.5. The van der Waals surface area contributed by atoms with Crippen molar-refractivity contribution in [2.75, 3.05) is 24.9 Å². The van der Waals surface area contributed by atoms with Crippen LogP contribution in [0.2, 0.25) is 0 Å². The van der Waals surface area contributed by atoms with Gasteiger partial charge in [-0.25, -0.2) is 19.6 Å². The third-order valence-electron chi connectivity index (χ3n) is 4.52. The van der Waals surface area contributed by atoms with Crippen LogP contribution < -0.4 is 5.01 Å². The first-order valence-electron chi connectivity index (χ1n) is 8.47. The highest BCUT2D eigenvalue weighted by Crippen LogP contribution is 2.24. The Hall–Kier alpha value is -2.18. The first-order valence-corrected chi connectivity index (χ1v) is 8.47. The Bertz CT molecular complexity index is 718. The lowest BCUT2D eigenvalue weighted by atomic mass is 10.1. The molecule has 2 aliphatic heterocycles. The van der Waals surface area contributed by atoms with Crippen molar-refractivity contribution in [3.05, 3.63) is 53.6 Å². The zero-order valence-corrected chi connectivity index (χ0v) is 14.2. The molecule has 2 aliphatic rings. The monoisotopic (exact) mass is 325 g/mol. The average molecular weight is 325 g/mol. The van der Waals surface area contributed by atoms with Gasteiger partial charge in [0.15, 0.2) is 12.1 Å². The molecule has 0 N–H and O–H groups in total. The van der Waals surface area contributed by atoms with Crippen LogP contribution in [0.3, 0.4) is 0 Å². The summed E-state index contributed by atoms with van der Waals surface area (Å²) in [6, 6.07) is 10.5. The summed E-state index contributed by atoms with van der Waals surface area (Å²) < 4.78 is 7.79. The van der Waals surface area contributed by atoms with Gasteiger partial charge in [-0.1, -0.05) is 44.2 Å². The van der Waals surface area contributed by atoms with Gasteiger partial charge in [0.05, 0.1) is 31.3 Å². The molecule has 6 heteroatoms. The predicted molar refractivity (Wildman–Crippen MR) is 93.6 cm³/mol. The molecule has 1 aromatic carbocycles. The normalized spacial score (nSPS) is 20.8. The molecule has 1 aromatic heterocycles. The molecule has 4 rings (SSSR count). The molecule has 1 unspecified atom stereocenters. The smallest absolute Gasteiger partial charge is 0.194 e. The molecule has 0 aliphatic carbocycles. The van der Waals surface area contributed by atoms with Gasteiger partial charge in [-0.05, 0) is 11.5 Å². The Morgan fingerprint density at radius 1 is 1.25 bits per heavy atom. The third kappa shape index (κ3) is 2.72. The Balaban J connectivity index is 1.74. The van der Waals surface area contributed by atoms with Crippen molar-refractivity contribution >= 4 is 6.21 Å². The van der Waals surface area contributed by atoms with Crippen LogP contribution in [-0.2, 0) is 11.3 Å². The summed E-state index contributed by atoms with van der Waals surface area (Å²) >= 11 is 0. The molecule has 1 saturated heterocycles. The van der Waals surface area contributed by atoms with Crippen LogP contribution in [0, 0.1) is 0 Å². The van der Waals surface area contributed by atoms with Crippen LogP contribution >= 0.6 is 0 Å². The molecule has 126 valence electrons. The number of aliphatic imine (C=N–C) groups is 1. The summed E-state index contributed by atoms with van der Waals surface area (Å²) in [5.74, 6) is 1.29. The maximum absolute atomic E-state index is 5.56. The Labute approximate surface area is 142 Å². The molecule has 1 atom stereocenters. The first-order chi connectivity index (χ1) is 11.7. The zero-order valence-electron chi connectivity index (χ0n) is 14.2. The standard InChI is InChI=1S/C18H23N5O/c1-14(2)16-10-19-17-11-20-18(21-8-9-24-13-21)22(23(16)17)12-15-6-4-3-5-7-15/h3-7,10-11,14,18H,8-9,12-13H2,1-2H3. The predicted octanol–water partition coefficient (Wildman–Crippen LogP) is 2.15. The highest BCUT2D eigenvalue weighted by Gasteiger charge is 2.33. The van der Waals surface area contributed by atoms with Crippen LogP contribution in [0.25, 0.3) is 0 Å². The van der Waals surface area contributed by atoms with Gasteiger partial charge in [0.25, 0.3) is 0 Å². The number of fused-ring (bicyclic) bond motifs is 1. The molecule has 0 amide bonds. The van der Waals surface area contributed by atoms with Gasteiger partial charge in [0, 0.05) is 6.54 Å². The van der Waals surface area contributed by atoms with Gasteiger partial charge in [0.2, 0.25) is 0 Å². The van der Waals surface area contributed by atoms with Crippen LogP contribution in [0.4, 0.5) is 0 Å². The van der Waals surface area contributed by atoms with Crippen LogP contribution in [0.1, 0.15) is 36.8 Å². The van der Waals surface area contributed by atoms with Gasteiger partial charge >= 0.3 is 0 Å². The second-order valence-electron chi connectivity index (χ2n) is 6.57. The van der Waals surface area contributed by atoms with E-state index in [1.165, 1.54) is 11.3 Å². The summed E-state index contributed by atoms with van der Waals surface area (Å²) in [4.78, 5) is 11.6. The summed E-state index contributed by atoms with van der Waals surface area (Å²) in [5.41, 5.74) is 2.46. The molecule has 0 spiro atoms.